The van der Waals surface area contributed by atoms with Crippen LogP contribution in [0.25, 0.3) is 5.69 Å². The standard InChI is InChI=1S/C15H13FN4/c16-12-6-4-5-11(9-12)15(17)14-10-18-19-20(14)13-7-2-1-3-8-13/h1-10,15H,17H2. The van der Waals surface area contributed by atoms with Gasteiger partial charge in [0.15, 0.2) is 0 Å². The largest absolute Gasteiger partial charge is 0.319 e. The summed E-state index contributed by atoms with van der Waals surface area (Å²) in [5.41, 5.74) is 8.46. The van der Waals surface area contributed by atoms with Crippen LogP contribution in [0.3, 0.4) is 0 Å². The Bertz CT molecular complexity index is 709. The summed E-state index contributed by atoms with van der Waals surface area (Å²) < 4.78 is 15.0. The summed E-state index contributed by atoms with van der Waals surface area (Å²) in [6.07, 6.45) is 1.60. The summed E-state index contributed by atoms with van der Waals surface area (Å²) in [7, 11) is 0. The molecule has 2 N–H and O–H groups in total. The Balaban J connectivity index is 2.02. The van der Waals surface area contributed by atoms with Crippen molar-refractivity contribution in [3.05, 3.63) is 77.9 Å². The lowest BCUT2D eigenvalue weighted by Crippen LogP contribution is -2.16. The first kappa shape index (κ1) is 12.5. The molecule has 4 nitrogen and oxygen atoms in total. The van der Waals surface area contributed by atoms with Crippen LogP contribution in [0.5, 0.6) is 0 Å². The molecule has 0 aliphatic heterocycles. The van der Waals surface area contributed by atoms with E-state index >= 15 is 0 Å². The third-order valence-corrected chi connectivity index (χ3v) is 3.10. The molecule has 0 aliphatic rings. The zero-order valence-electron chi connectivity index (χ0n) is 10.6. The molecule has 3 aromatic rings. The van der Waals surface area contributed by atoms with Crippen molar-refractivity contribution in [3.8, 4) is 5.69 Å². The predicted octanol–water partition coefficient (Wildman–Crippen LogP) is 2.45. The highest BCUT2D eigenvalue weighted by Crippen LogP contribution is 2.21. The first-order chi connectivity index (χ1) is 9.75. The van der Waals surface area contributed by atoms with Gasteiger partial charge in [-0.25, -0.2) is 9.07 Å². The molecule has 1 unspecified atom stereocenters. The van der Waals surface area contributed by atoms with Gasteiger partial charge in [-0.15, -0.1) is 5.10 Å². The van der Waals surface area contributed by atoms with Crippen LogP contribution in [0.4, 0.5) is 4.39 Å². The molecule has 0 saturated carbocycles. The molecular formula is C15H13FN4. The average molecular weight is 268 g/mol. The highest BCUT2D eigenvalue weighted by atomic mass is 19.1. The number of hydrogen-bond acceptors (Lipinski definition) is 3. The average Bonchev–Trinajstić information content (AvgIpc) is 2.97. The predicted molar refractivity (Wildman–Crippen MR) is 73.8 cm³/mol. The van der Waals surface area contributed by atoms with Gasteiger partial charge in [0.25, 0.3) is 0 Å². The number of halogens is 1. The van der Waals surface area contributed by atoms with Crippen molar-refractivity contribution < 1.29 is 4.39 Å². The van der Waals surface area contributed by atoms with E-state index in [0.717, 1.165) is 5.69 Å². The van der Waals surface area contributed by atoms with E-state index in [9.17, 15) is 4.39 Å². The van der Waals surface area contributed by atoms with Gasteiger partial charge in [0, 0.05) is 0 Å². The van der Waals surface area contributed by atoms with E-state index in [-0.39, 0.29) is 5.82 Å². The minimum atomic E-state index is -0.485. The molecule has 1 atom stereocenters. The smallest absolute Gasteiger partial charge is 0.123 e. The number of aromatic nitrogens is 3. The number of hydrogen-bond donors (Lipinski definition) is 1. The van der Waals surface area contributed by atoms with Gasteiger partial charge >= 0.3 is 0 Å². The van der Waals surface area contributed by atoms with Gasteiger partial charge in [-0.1, -0.05) is 35.5 Å². The summed E-state index contributed by atoms with van der Waals surface area (Å²) in [5, 5.41) is 7.96. The first-order valence-electron chi connectivity index (χ1n) is 6.23. The Morgan fingerprint density at radius 3 is 2.60 bits per heavy atom. The van der Waals surface area contributed by atoms with E-state index < -0.39 is 6.04 Å². The number of benzene rings is 2. The van der Waals surface area contributed by atoms with Crippen LogP contribution in [-0.2, 0) is 0 Å². The Morgan fingerprint density at radius 1 is 1.05 bits per heavy atom. The van der Waals surface area contributed by atoms with Crippen LogP contribution in [-0.4, -0.2) is 15.0 Å². The zero-order chi connectivity index (χ0) is 13.9. The number of para-hydroxylation sites is 1. The lowest BCUT2D eigenvalue weighted by atomic mass is 10.0. The fourth-order valence-corrected chi connectivity index (χ4v) is 2.10. The second-order valence-electron chi connectivity index (χ2n) is 4.44. The Labute approximate surface area is 115 Å². The van der Waals surface area contributed by atoms with Crippen LogP contribution in [0.15, 0.2) is 60.8 Å². The maximum Gasteiger partial charge on any atom is 0.123 e. The van der Waals surface area contributed by atoms with Gasteiger partial charge < -0.3 is 5.73 Å². The van der Waals surface area contributed by atoms with Crippen LogP contribution in [0, 0.1) is 5.82 Å². The second-order valence-corrected chi connectivity index (χ2v) is 4.44. The van der Waals surface area contributed by atoms with Crippen molar-refractivity contribution in [2.75, 3.05) is 0 Å². The monoisotopic (exact) mass is 268 g/mol. The SMILES string of the molecule is NC(c1cccc(F)c1)c1cnnn1-c1ccccc1. The molecule has 0 saturated heterocycles. The highest BCUT2D eigenvalue weighted by molar-refractivity contribution is 5.35. The lowest BCUT2D eigenvalue weighted by molar-refractivity contribution is 0.622. The summed E-state index contributed by atoms with van der Waals surface area (Å²) in [5.74, 6) is -0.309. The fourth-order valence-electron chi connectivity index (χ4n) is 2.10. The molecule has 0 amide bonds. The molecule has 0 bridgehead atoms. The summed E-state index contributed by atoms with van der Waals surface area (Å²) in [6, 6.07) is 15.3. The van der Waals surface area contributed by atoms with Gasteiger partial charge in [0.05, 0.1) is 23.6 Å². The van der Waals surface area contributed by atoms with E-state index in [1.54, 1.807) is 23.0 Å². The third-order valence-electron chi connectivity index (χ3n) is 3.10. The summed E-state index contributed by atoms with van der Waals surface area (Å²) in [4.78, 5) is 0. The van der Waals surface area contributed by atoms with Gasteiger partial charge in [-0.2, -0.15) is 0 Å². The van der Waals surface area contributed by atoms with Crippen molar-refractivity contribution in [2.45, 2.75) is 6.04 Å². The van der Waals surface area contributed by atoms with Crippen molar-refractivity contribution >= 4 is 0 Å². The molecule has 5 heteroatoms. The van der Waals surface area contributed by atoms with Crippen LogP contribution >= 0.6 is 0 Å². The third kappa shape index (κ3) is 2.31. The molecule has 1 aromatic heterocycles. The summed E-state index contributed by atoms with van der Waals surface area (Å²) in [6.45, 7) is 0. The maximum atomic E-state index is 13.3. The molecule has 0 spiro atoms. The Hall–Kier alpha value is -2.53. The molecule has 1 heterocycles. The van der Waals surface area contributed by atoms with E-state index in [1.807, 2.05) is 30.3 Å². The topological polar surface area (TPSA) is 56.7 Å². The van der Waals surface area contributed by atoms with E-state index in [4.69, 9.17) is 5.73 Å². The second kappa shape index (κ2) is 5.22. The molecular weight excluding hydrogens is 255 g/mol. The maximum absolute atomic E-state index is 13.3. The number of rotatable bonds is 3. The molecule has 2 aromatic carbocycles. The Kier molecular flexibility index (Phi) is 3.26. The van der Waals surface area contributed by atoms with Gasteiger partial charge in [-0.3, -0.25) is 0 Å². The van der Waals surface area contributed by atoms with E-state index in [1.165, 1.54) is 12.1 Å². The molecule has 20 heavy (non-hydrogen) atoms. The van der Waals surface area contributed by atoms with Crippen molar-refractivity contribution in [3.63, 3.8) is 0 Å². The minimum absolute atomic E-state index is 0.309. The van der Waals surface area contributed by atoms with Gasteiger partial charge in [-0.05, 0) is 29.8 Å². The molecule has 0 fully saturated rings. The summed E-state index contributed by atoms with van der Waals surface area (Å²) >= 11 is 0. The minimum Gasteiger partial charge on any atom is -0.319 e. The Morgan fingerprint density at radius 2 is 1.85 bits per heavy atom. The van der Waals surface area contributed by atoms with Gasteiger partial charge in [0.2, 0.25) is 0 Å². The van der Waals surface area contributed by atoms with E-state index in [2.05, 4.69) is 10.3 Å². The quantitative estimate of drug-likeness (QED) is 0.793. The van der Waals surface area contributed by atoms with Crippen molar-refractivity contribution in [2.24, 2.45) is 5.73 Å². The van der Waals surface area contributed by atoms with Crippen LogP contribution in [0.1, 0.15) is 17.3 Å². The molecule has 3 rings (SSSR count). The van der Waals surface area contributed by atoms with Crippen molar-refractivity contribution in [1.29, 1.82) is 0 Å². The molecule has 100 valence electrons. The molecule has 0 aliphatic carbocycles. The van der Waals surface area contributed by atoms with Crippen LogP contribution < -0.4 is 5.73 Å². The van der Waals surface area contributed by atoms with Crippen LogP contribution in [0.2, 0.25) is 0 Å². The molecule has 0 radical (unpaired) electrons. The van der Waals surface area contributed by atoms with E-state index in [0.29, 0.717) is 11.3 Å². The lowest BCUT2D eigenvalue weighted by Gasteiger charge is -2.13. The first-order valence-corrected chi connectivity index (χ1v) is 6.23. The highest BCUT2D eigenvalue weighted by Gasteiger charge is 2.16. The zero-order valence-corrected chi connectivity index (χ0v) is 10.6. The normalized spacial score (nSPS) is 12.3. The number of nitrogens with zero attached hydrogens (tertiary/aromatic N) is 3. The fraction of sp³-hybridized carbons (Fsp3) is 0.0667. The number of nitrogens with two attached hydrogens (primary N) is 1. The van der Waals surface area contributed by atoms with Gasteiger partial charge in [0.1, 0.15) is 5.82 Å². The van der Waals surface area contributed by atoms with Crippen molar-refractivity contribution in [1.82, 2.24) is 15.0 Å².